The number of benzene rings is 5. The molecule has 0 nitrogen and oxygen atoms in total. The van der Waals surface area contributed by atoms with E-state index >= 15 is 0 Å². The van der Waals surface area contributed by atoms with Crippen LogP contribution in [-0.4, -0.2) is 0 Å². The van der Waals surface area contributed by atoms with Crippen LogP contribution < -0.4 is 0 Å². The van der Waals surface area contributed by atoms with Crippen molar-refractivity contribution in [1.82, 2.24) is 0 Å². The van der Waals surface area contributed by atoms with Crippen LogP contribution >= 0.6 is 0 Å². The quantitative estimate of drug-likeness (QED) is 0.241. The smallest absolute Gasteiger partial charge is 0.00365 e. The third-order valence-electron chi connectivity index (χ3n) is 7.65. The molecule has 0 heterocycles. The molecule has 2 bridgehead atoms. The van der Waals surface area contributed by atoms with Crippen LogP contribution in [0.3, 0.4) is 0 Å². The van der Waals surface area contributed by atoms with Crippen molar-refractivity contribution in [3.63, 3.8) is 0 Å². The van der Waals surface area contributed by atoms with E-state index in [1.165, 1.54) is 62.1 Å². The van der Waals surface area contributed by atoms with Crippen LogP contribution in [0.4, 0.5) is 0 Å². The molecular formula is C35H26. The molecule has 0 heteroatoms. The Hall–Kier alpha value is -4.16. The van der Waals surface area contributed by atoms with E-state index < -0.39 is 0 Å². The molecule has 0 N–H and O–H groups in total. The second-order valence-electron chi connectivity index (χ2n) is 9.63. The number of rotatable bonds is 4. The maximum absolute atomic E-state index is 2.45. The first-order chi connectivity index (χ1) is 17.4. The number of fused-ring (bicyclic) bond motifs is 5. The summed E-state index contributed by atoms with van der Waals surface area (Å²) < 4.78 is 0. The van der Waals surface area contributed by atoms with E-state index in [0.717, 1.165) is 0 Å². The highest BCUT2D eigenvalue weighted by atomic mass is 14.4. The van der Waals surface area contributed by atoms with Crippen LogP contribution in [0.15, 0.2) is 133 Å². The molecule has 2 unspecified atom stereocenters. The van der Waals surface area contributed by atoms with Crippen molar-refractivity contribution in [1.29, 1.82) is 0 Å². The van der Waals surface area contributed by atoms with Crippen molar-refractivity contribution < 1.29 is 0 Å². The van der Waals surface area contributed by atoms with Crippen molar-refractivity contribution >= 4 is 0 Å². The number of hydrogen-bond acceptors (Lipinski definition) is 0. The van der Waals surface area contributed by atoms with Crippen LogP contribution in [0.5, 0.6) is 0 Å². The van der Waals surface area contributed by atoms with E-state index in [2.05, 4.69) is 133 Å². The van der Waals surface area contributed by atoms with Crippen molar-refractivity contribution in [2.75, 3.05) is 0 Å². The minimum atomic E-state index is 0.472. The van der Waals surface area contributed by atoms with Gasteiger partial charge in [0.2, 0.25) is 0 Å². The fourth-order valence-electron chi connectivity index (χ4n) is 6.28. The van der Waals surface area contributed by atoms with E-state index in [1.807, 2.05) is 0 Å². The van der Waals surface area contributed by atoms with Crippen molar-refractivity contribution in [3.8, 4) is 44.5 Å². The van der Waals surface area contributed by atoms with Crippen LogP contribution in [0.2, 0.25) is 0 Å². The summed E-state index contributed by atoms with van der Waals surface area (Å²) in [6.45, 7) is 0. The second kappa shape index (κ2) is 8.25. The first-order valence-corrected chi connectivity index (χ1v) is 12.5. The normalized spacial score (nSPS) is 17.5. The Kier molecular flexibility index (Phi) is 4.77. The highest BCUT2D eigenvalue weighted by molar-refractivity contribution is 6.05. The molecule has 0 aliphatic heterocycles. The highest BCUT2D eigenvalue weighted by Crippen LogP contribution is 2.60. The number of hydrogen-bond donors (Lipinski definition) is 0. The molecule has 2 aliphatic rings. The van der Waals surface area contributed by atoms with E-state index in [1.54, 1.807) is 0 Å². The molecule has 2 aliphatic carbocycles. The topological polar surface area (TPSA) is 0 Å². The summed E-state index contributed by atoms with van der Waals surface area (Å²) in [5, 5.41) is 0. The maximum Gasteiger partial charge on any atom is 0.00365 e. The van der Waals surface area contributed by atoms with E-state index in [9.17, 15) is 0 Å². The molecular weight excluding hydrogens is 420 g/mol. The molecule has 7 rings (SSSR count). The van der Waals surface area contributed by atoms with Crippen molar-refractivity contribution in [3.05, 3.63) is 145 Å². The van der Waals surface area contributed by atoms with Crippen LogP contribution in [0.25, 0.3) is 44.5 Å². The third kappa shape index (κ3) is 3.21. The number of allylic oxidation sites excluding steroid dienone is 2. The standard InChI is InChI=1S/C35H26/c1-5-13-24(14-6-1)30-31(25-15-7-2-8-16-25)33(27-19-11-4-12-20-27)35-29-22-21-28(23-29)34(35)32(30)26-17-9-3-10-18-26/h1-22,28-29H,23H2. The molecule has 0 fully saturated rings. The van der Waals surface area contributed by atoms with Crippen LogP contribution in [0, 0.1) is 0 Å². The summed E-state index contributed by atoms with van der Waals surface area (Å²) in [5.41, 5.74) is 13.7. The van der Waals surface area contributed by atoms with Gasteiger partial charge in [-0.2, -0.15) is 0 Å². The summed E-state index contributed by atoms with van der Waals surface area (Å²) in [4.78, 5) is 0. The molecule has 0 spiro atoms. The SMILES string of the molecule is C1=CC2CC1c1c(-c3ccccc3)c(-c3ccccc3)c(-c3ccccc3)c(-c3ccccc3)c12. The Morgan fingerprint density at radius 3 is 0.943 bits per heavy atom. The summed E-state index contributed by atoms with van der Waals surface area (Å²) in [6, 6.07) is 44.1. The lowest BCUT2D eigenvalue weighted by atomic mass is 9.75. The van der Waals surface area contributed by atoms with Crippen LogP contribution in [0.1, 0.15) is 29.4 Å². The molecule has 0 saturated carbocycles. The second-order valence-corrected chi connectivity index (χ2v) is 9.63. The molecule has 0 aromatic heterocycles. The Balaban J connectivity index is 1.72. The summed E-state index contributed by atoms with van der Waals surface area (Å²) in [7, 11) is 0. The maximum atomic E-state index is 2.45. The van der Waals surface area contributed by atoms with Gasteiger partial charge >= 0.3 is 0 Å². The van der Waals surface area contributed by atoms with E-state index in [4.69, 9.17) is 0 Å². The Bertz CT molecular complexity index is 1410. The molecule has 0 saturated heterocycles. The molecule has 166 valence electrons. The van der Waals surface area contributed by atoms with Gasteiger partial charge in [0, 0.05) is 11.8 Å². The van der Waals surface area contributed by atoms with Crippen molar-refractivity contribution in [2.24, 2.45) is 0 Å². The van der Waals surface area contributed by atoms with Gasteiger partial charge in [0.05, 0.1) is 0 Å². The van der Waals surface area contributed by atoms with Gasteiger partial charge < -0.3 is 0 Å². The Morgan fingerprint density at radius 1 is 0.343 bits per heavy atom. The predicted molar refractivity (Wildman–Crippen MR) is 147 cm³/mol. The average Bonchev–Trinajstić information content (AvgIpc) is 3.57. The lowest BCUT2D eigenvalue weighted by Crippen LogP contribution is -2.05. The van der Waals surface area contributed by atoms with Gasteiger partial charge in [-0.1, -0.05) is 133 Å². The molecule has 2 atom stereocenters. The summed E-state index contributed by atoms with van der Waals surface area (Å²) in [5.74, 6) is 0.944. The first kappa shape index (κ1) is 20.2. The summed E-state index contributed by atoms with van der Waals surface area (Å²) >= 11 is 0. The fourth-order valence-corrected chi connectivity index (χ4v) is 6.28. The van der Waals surface area contributed by atoms with Gasteiger partial charge in [-0.15, -0.1) is 0 Å². The zero-order chi connectivity index (χ0) is 23.2. The highest BCUT2D eigenvalue weighted by Gasteiger charge is 2.40. The lowest BCUT2D eigenvalue weighted by molar-refractivity contribution is 0.805. The van der Waals surface area contributed by atoms with Gasteiger partial charge in [-0.25, -0.2) is 0 Å². The van der Waals surface area contributed by atoms with Gasteiger partial charge in [-0.3, -0.25) is 0 Å². The largest absolute Gasteiger partial charge is 0.0803 e. The minimum Gasteiger partial charge on any atom is -0.0803 e. The fraction of sp³-hybridized carbons (Fsp3) is 0.0857. The molecule has 35 heavy (non-hydrogen) atoms. The lowest BCUT2D eigenvalue weighted by Gasteiger charge is -2.28. The van der Waals surface area contributed by atoms with Crippen LogP contribution in [-0.2, 0) is 0 Å². The Labute approximate surface area is 207 Å². The van der Waals surface area contributed by atoms with Gasteiger partial charge in [0.1, 0.15) is 0 Å². The molecule has 0 radical (unpaired) electrons. The zero-order valence-corrected chi connectivity index (χ0v) is 19.6. The van der Waals surface area contributed by atoms with E-state index in [-0.39, 0.29) is 0 Å². The predicted octanol–water partition coefficient (Wildman–Crippen LogP) is 9.50. The van der Waals surface area contributed by atoms with Crippen molar-refractivity contribution in [2.45, 2.75) is 18.3 Å². The molecule has 5 aromatic carbocycles. The molecule has 5 aromatic rings. The monoisotopic (exact) mass is 446 g/mol. The van der Waals surface area contributed by atoms with Gasteiger partial charge in [0.15, 0.2) is 0 Å². The van der Waals surface area contributed by atoms with E-state index in [0.29, 0.717) is 11.8 Å². The Morgan fingerprint density at radius 2 is 0.629 bits per heavy atom. The van der Waals surface area contributed by atoms with Gasteiger partial charge in [-0.05, 0) is 62.1 Å². The van der Waals surface area contributed by atoms with Gasteiger partial charge in [0.25, 0.3) is 0 Å². The first-order valence-electron chi connectivity index (χ1n) is 12.5. The zero-order valence-electron chi connectivity index (χ0n) is 19.6. The summed E-state index contributed by atoms with van der Waals surface area (Å²) in [6.07, 6.45) is 6.08. The average molecular weight is 447 g/mol. The third-order valence-corrected chi connectivity index (χ3v) is 7.65. The molecule has 0 amide bonds. The minimum absolute atomic E-state index is 0.472.